The molecule has 1 aliphatic rings. The fourth-order valence-corrected chi connectivity index (χ4v) is 6.92. The highest BCUT2D eigenvalue weighted by molar-refractivity contribution is 5.88. The van der Waals surface area contributed by atoms with Gasteiger partial charge in [0.05, 0.1) is 0 Å². The largest absolute Gasteiger partial charge is 0.208 e. The number of nitrogens with zero attached hydrogens (tertiary/aromatic N) is 3. The van der Waals surface area contributed by atoms with E-state index in [0.717, 1.165) is 28.7 Å². The molecule has 0 saturated carbocycles. The van der Waals surface area contributed by atoms with E-state index in [1.165, 1.54) is 50.1 Å². The first-order valence-electron chi connectivity index (χ1n) is 16.7. The van der Waals surface area contributed by atoms with Crippen molar-refractivity contribution >= 4 is 0 Å². The highest BCUT2D eigenvalue weighted by Gasteiger charge is 2.22. The van der Waals surface area contributed by atoms with Crippen LogP contribution in [0.25, 0.3) is 78.7 Å². The van der Waals surface area contributed by atoms with Crippen molar-refractivity contribution in [3.05, 3.63) is 187 Å². The van der Waals surface area contributed by atoms with Gasteiger partial charge in [-0.05, 0) is 80.3 Å². The third-order valence-corrected chi connectivity index (χ3v) is 9.38. The summed E-state index contributed by atoms with van der Waals surface area (Å²) in [7, 11) is 0. The summed E-state index contributed by atoms with van der Waals surface area (Å²) >= 11 is 0. The molecule has 8 aromatic rings. The molecule has 0 fully saturated rings. The zero-order valence-electron chi connectivity index (χ0n) is 26.8. The van der Waals surface area contributed by atoms with E-state index in [9.17, 15) is 0 Å². The Bertz CT molecular complexity index is 2380. The summed E-state index contributed by atoms with van der Waals surface area (Å²) in [4.78, 5) is 14.7. The molecule has 0 atom stereocenters. The molecule has 50 heavy (non-hydrogen) atoms. The second-order valence-electron chi connectivity index (χ2n) is 12.4. The third kappa shape index (κ3) is 5.80. The molecule has 1 aliphatic carbocycles. The van der Waals surface area contributed by atoms with Crippen LogP contribution in [0.5, 0.6) is 0 Å². The predicted molar refractivity (Wildman–Crippen MR) is 207 cm³/mol. The van der Waals surface area contributed by atoms with Crippen molar-refractivity contribution in [3.8, 4) is 78.7 Å². The number of benzene rings is 7. The normalized spacial score (nSPS) is 11.4. The van der Waals surface area contributed by atoms with Crippen LogP contribution in [0.1, 0.15) is 18.6 Å². The zero-order chi connectivity index (χ0) is 32.6. The molecule has 3 nitrogen and oxygen atoms in total. The lowest BCUT2D eigenvalue weighted by molar-refractivity contribution is 1.07. The maximum atomic E-state index is 4.94. The van der Waals surface area contributed by atoms with Gasteiger partial charge in [0.25, 0.3) is 0 Å². The van der Waals surface area contributed by atoms with E-state index >= 15 is 0 Å². The first-order valence-corrected chi connectivity index (χ1v) is 16.7. The minimum Gasteiger partial charge on any atom is -0.208 e. The number of aromatic nitrogens is 3. The summed E-state index contributed by atoms with van der Waals surface area (Å²) in [5.74, 6) is 1.97. The smallest absolute Gasteiger partial charge is 0.164 e. The molecule has 3 heteroatoms. The Hall–Kier alpha value is -6.45. The lowest BCUT2D eigenvalue weighted by Gasteiger charge is -2.14. The minimum absolute atomic E-state index is 0. The summed E-state index contributed by atoms with van der Waals surface area (Å²) in [6.45, 7) is 0. The Morgan fingerprint density at radius 1 is 0.300 bits per heavy atom. The average molecular weight is 642 g/mol. The van der Waals surface area contributed by atoms with E-state index in [1.807, 2.05) is 60.7 Å². The molecule has 7 aromatic carbocycles. The number of fused-ring (bicyclic) bond motifs is 3. The van der Waals surface area contributed by atoms with Gasteiger partial charge in [0.15, 0.2) is 17.5 Å². The maximum Gasteiger partial charge on any atom is 0.164 e. The van der Waals surface area contributed by atoms with Crippen molar-refractivity contribution in [3.63, 3.8) is 0 Å². The number of hydrogen-bond donors (Lipinski definition) is 0. The Balaban J connectivity index is 0.00000361. The summed E-state index contributed by atoms with van der Waals surface area (Å²) < 4.78 is 0. The summed E-state index contributed by atoms with van der Waals surface area (Å²) in [5.41, 5.74) is 15.6. The Labute approximate surface area is 293 Å². The molecule has 0 radical (unpaired) electrons. The van der Waals surface area contributed by atoms with Crippen LogP contribution in [0.2, 0.25) is 0 Å². The van der Waals surface area contributed by atoms with Crippen LogP contribution in [0.4, 0.5) is 0 Å². The molecule has 0 unspecified atom stereocenters. The lowest BCUT2D eigenvalue weighted by Crippen LogP contribution is -2.00. The Kier molecular flexibility index (Phi) is 8.16. The van der Waals surface area contributed by atoms with Crippen molar-refractivity contribution < 1.29 is 0 Å². The van der Waals surface area contributed by atoms with E-state index in [2.05, 4.69) is 115 Å². The molecule has 0 saturated heterocycles. The van der Waals surface area contributed by atoms with Crippen LogP contribution in [-0.2, 0) is 6.42 Å². The van der Waals surface area contributed by atoms with E-state index in [4.69, 9.17) is 15.0 Å². The molecule has 0 aliphatic heterocycles. The average Bonchev–Trinajstić information content (AvgIpc) is 3.58. The number of hydrogen-bond acceptors (Lipinski definition) is 3. The van der Waals surface area contributed by atoms with Gasteiger partial charge in [-0.1, -0.05) is 165 Å². The standard InChI is InChI=1S/C46H31N3.CH4/c1-4-13-31(14-5-1)37-27-38(29-39(28-37)41-21-12-22-42-40-20-11-10-19-36(40)30-43(41)42)32-23-25-35(26-24-32)46-48-44(33-15-6-2-7-16-33)47-45(49-46)34-17-8-3-9-18-34;/h1-29H,30H2;1H4. The molecule has 0 N–H and O–H groups in total. The minimum atomic E-state index is 0. The third-order valence-electron chi connectivity index (χ3n) is 9.38. The fraction of sp³-hybridized carbons (Fsp3) is 0.0426. The van der Waals surface area contributed by atoms with E-state index < -0.39 is 0 Å². The van der Waals surface area contributed by atoms with Gasteiger partial charge >= 0.3 is 0 Å². The van der Waals surface area contributed by atoms with Gasteiger partial charge in [0.2, 0.25) is 0 Å². The lowest BCUT2D eigenvalue weighted by atomic mass is 9.90. The second kappa shape index (κ2) is 13.2. The van der Waals surface area contributed by atoms with E-state index in [-0.39, 0.29) is 7.43 Å². The van der Waals surface area contributed by atoms with Gasteiger partial charge < -0.3 is 0 Å². The van der Waals surface area contributed by atoms with Crippen LogP contribution in [0.15, 0.2) is 176 Å². The maximum absolute atomic E-state index is 4.94. The molecule has 9 rings (SSSR count). The van der Waals surface area contributed by atoms with Crippen molar-refractivity contribution in [2.45, 2.75) is 13.8 Å². The summed E-state index contributed by atoms with van der Waals surface area (Å²) in [5, 5.41) is 0. The summed E-state index contributed by atoms with van der Waals surface area (Å²) in [6, 6.07) is 62.0. The highest BCUT2D eigenvalue weighted by atomic mass is 15.0. The fourth-order valence-electron chi connectivity index (χ4n) is 6.92. The number of rotatable bonds is 6. The topological polar surface area (TPSA) is 38.7 Å². The van der Waals surface area contributed by atoms with Crippen molar-refractivity contribution in [1.29, 1.82) is 0 Å². The summed E-state index contributed by atoms with van der Waals surface area (Å²) in [6.07, 6.45) is 0.948. The second-order valence-corrected chi connectivity index (χ2v) is 12.4. The van der Waals surface area contributed by atoms with E-state index in [1.54, 1.807) is 0 Å². The SMILES string of the molecule is C.c1ccc(-c2cc(-c3ccc(-c4nc(-c5ccccc5)nc(-c5ccccc5)n4)cc3)cc(-c3cccc4c3Cc3ccccc3-4)c2)cc1. The van der Waals surface area contributed by atoms with Crippen LogP contribution < -0.4 is 0 Å². The molecule has 0 bridgehead atoms. The van der Waals surface area contributed by atoms with Gasteiger partial charge in [-0.3, -0.25) is 0 Å². The van der Waals surface area contributed by atoms with Crippen molar-refractivity contribution in [2.24, 2.45) is 0 Å². The quantitative estimate of drug-likeness (QED) is 0.181. The van der Waals surface area contributed by atoms with Gasteiger partial charge in [-0.15, -0.1) is 0 Å². The van der Waals surface area contributed by atoms with Gasteiger partial charge in [-0.25, -0.2) is 15.0 Å². The van der Waals surface area contributed by atoms with Gasteiger partial charge in [0, 0.05) is 16.7 Å². The molecule has 0 spiro atoms. The molecular formula is C47H35N3. The molecule has 0 amide bonds. The van der Waals surface area contributed by atoms with Crippen LogP contribution in [-0.4, -0.2) is 15.0 Å². The molecule has 1 heterocycles. The van der Waals surface area contributed by atoms with Crippen molar-refractivity contribution in [1.82, 2.24) is 15.0 Å². The monoisotopic (exact) mass is 641 g/mol. The zero-order valence-corrected chi connectivity index (χ0v) is 26.8. The predicted octanol–water partition coefficient (Wildman–Crippen LogP) is 12.1. The first kappa shape index (κ1) is 30.9. The highest BCUT2D eigenvalue weighted by Crippen LogP contribution is 2.43. The molecular weight excluding hydrogens is 607 g/mol. The Morgan fingerprint density at radius 3 is 1.28 bits per heavy atom. The van der Waals surface area contributed by atoms with Crippen molar-refractivity contribution in [2.75, 3.05) is 0 Å². The molecule has 238 valence electrons. The van der Waals surface area contributed by atoms with Crippen LogP contribution in [0, 0.1) is 0 Å². The van der Waals surface area contributed by atoms with Crippen LogP contribution >= 0.6 is 0 Å². The van der Waals surface area contributed by atoms with Gasteiger partial charge in [0.1, 0.15) is 0 Å². The van der Waals surface area contributed by atoms with Gasteiger partial charge in [-0.2, -0.15) is 0 Å². The van der Waals surface area contributed by atoms with Crippen LogP contribution in [0.3, 0.4) is 0 Å². The molecule has 1 aromatic heterocycles. The van der Waals surface area contributed by atoms with E-state index in [0.29, 0.717) is 17.5 Å². The Morgan fingerprint density at radius 2 is 0.700 bits per heavy atom. The first-order chi connectivity index (χ1) is 24.3.